The molecule has 0 amide bonds. The monoisotopic (exact) mass is 680 g/mol. The van der Waals surface area contributed by atoms with E-state index in [1.807, 2.05) is 18.2 Å². The summed E-state index contributed by atoms with van der Waals surface area (Å²) in [6.45, 7) is 0. The van der Waals surface area contributed by atoms with Gasteiger partial charge in [0.2, 0.25) is 0 Å². The maximum atomic E-state index is 6.60. The minimum absolute atomic E-state index is 0.697. The summed E-state index contributed by atoms with van der Waals surface area (Å²) in [6.07, 6.45) is 0. The molecule has 0 aliphatic rings. The molecule has 4 heteroatoms. The Morgan fingerprint density at radius 2 is 1.13 bits per heavy atom. The number of aromatic nitrogens is 2. The highest BCUT2D eigenvalue weighted by Crippen LogP contribution is 2.43. The largest absolute Gasteiger partial charge is 0.456 e. The molecular weight excluding hydrogens is 653 g/mol. The Morgan fingerprint density at radius 1 is 0.423 bits per heavy atom. The van der Waals surface area contributed by atoms with Crippen molar-refractivity contribution in [1.82, 2.24) is 9.97 Å². The molecule has 0 bridgehead atoms. The molecule has 0 saturated heterocycles. The van der Waals surface area contributed by atoms with E-state index in [4.69, 9.17) is 14.4 Å². The lowest BCUT2D eigenvalue weighted by Crippen LogP contribution is -1.94. The third-order valence-corrected chi connectivity index (χ3v) is 11.4. The van der Waals surface area contributed by atoms with Crippen LogP contribution in [0.4, 0.5) is 0 Å². The lowest BCUT2D eigenvalue weighted by molar-refractivity contribution is 0.669. The van der Waals surface area contributed by atoms with Crippen LogP contribution in [0.25, 0.3) is 109 Å². The van der Waals surface area contributed by atoms with Crippen LogP contribution in [0.3, 0.4) is 0 Å². The zero-order valence-electron chi connectivity index (χ0n) is 27.9. The average Bonchev–Trinajstić information content (AvgIpc) is 3.79. The van der Waals surface area contributed by atoms with Gasteiger partial charge in [-0.3, -0.25) is 0 Å². The molecule has 0 saturated carbocycles. The van der Waals surface area contributed by atoms with Gasteiger partial charge in [-0.1, -0.05) is 133 Å². The van der Waals surface area contributed by atoms with Crippen LogP contribution in [0.15, 0.2) is 174 Å². The molecule has 0 spiro atoms. The van der Waals surface area contributed by atoms with E-state index >= 15 is 0 Å². The summed E-state index contributed by atoms with van der Waals surface area (Å²) < 4.78 is 8.91. The fourth-order valence-electron chi connectivity index (χ4n) is 7.85. The summed E-state index contributed by atoms with van der Waals surface area (Å²) in [6, 6.07) is 60.2. The second kappa shape index (κ2) is 11.5. The summed E-state index contributed by atoms with van der Waals surface area (Å²) in [5.74, 6) is 0.697. The van der Waals surface area contributed by atoms with Crippen LogP contribution in [0.1, 0.15) is 0 Å². The minimum Gasteiger partial charge on any atom is -0.456 e. The number of benzene rings is 8. The van der Waals surface area contributed by atoms with E-state index in [-0.39, 0.29) is 0 Å². The SMILES string of the molecule is c1ccc(-c2nc(-c3cccc4oc5cc(-c6cccc(-c7cc8ccccc8c8ccccc78)c6)ccc5c34)nc3c2sc2ccccc23)cc1. The van der Waals surface area contributed by atoms with Crippen molar-refractivity contribution in [2.75, 3.05) is 0 Å². The number of thiophene rings is 1. The smallest absolute Gasteiger partial charge is 0.161 e. The van der Waals surface area contributed by atoms with Crippen LogP contribution in [0, 0.1) is 0 Å². The molecular formula is C48H28N2OS. The third-order valence-electron chi connectivity index (χ3n) is 10.3. The maximum absolute atomic E-state index is 6.60. The van der Waals surface area contributed by atoms with Crippen molar-refractivity contribution in [3.8, 4) is 44.9 Å². The zero-order chi connectivity index (χ0) is 34.2. The van der Waals surface area contributed by atoms with Gasteiger partial charge in [-0.25, -0.2) is 9.97 Å². The van der Waals surface area contributed by atoms with Gasteiger partial charge >= 0.3 is 0 Å². The Bertz CT molecular complexity index is 3190. The van der Waals surface area contributed by atoms with Crippen molar-refractivity contribution < 1.29 is 4.42 Å². The van der Waals surface area contributed by atoms with E-state index < -0.39 is 0 Å². The van der Waals surface area contributed by atoms with E-state index in [9.17, 15) is 0 Å². The Kier molecular flexibility index (Phi) is 6.42. The molecule has 52 heavy (non-hydrogen) atoms. The first-order chi connectivity index (χ1) is 25.8. The van der Waals surface area contributed by atoms with E-state index in [2.05, 4.69) is 152 Å². The molecule has 11 aromatic rings. The molecule has 0 fully saturated rings. The van der Waals surface area contributed by atoms with Gasteiger partial charge in [0.15, 0.2) is 5.82 Å². The number of rotatable bonds is 4. The Morgan fingerprint density at radius 3 is 2.04 bits per heavy atom. The van der Waals surface area contributed by atoms with Gasteiger partial charge in [0, 0.05) is 32.0 Å². The zero-order valence-corrected chi connectivity index (χ0v) is 28.7. The molecule has 3 nitrogen and oxygen atoms in total. The summed E-state index contributed by atoms with van der Waals surface area (Å²) in [5, 5.41) is 8.27. The predicted molar refractivity (Wildman–Crippen MR) is 219 cm³/mol. The van der Waals surface area contributed by atoms with Crippen molar-refractivity contribution >= 4 is 75.1 Å². The fraction of sp³-hybridized carbons (Fsp3) is 0. The van der Waals surface area contributed by atoms with Crippen LogP contribution in [0.5, 0.6) is 0 Å². The first-order valence-electron chi connectivity index (χ1n) is 17.5. The summed E-state index contributed by atoms with van der Waals surface area (Å²) in [7, 11) is 0. The Hall–Kier alpha value is -6.62. The van der Waals surface area contributed by atoms with Crippen LogP contribution >= 0.6 is 11.3 Å². The minimum atomic E-state index is 0.697. The van der Waals surface area contributed by atoms with E-state index in [0.29, 0.717) is 5.82 Å². The summed E-state index contributed by atoms with van der Waals surface area (Å²) in [4.78, 5) is 10.5. The van der Waals surface area contributed by atoms with Crippen molar-refractivity contribution in [3.63, 3.8) is 0 Å². The second-order valence-corrected chi connectivity index (χ2v) is 14.4. The molecule has 242 valence electrons. The van der Waals surface area contributed by atoms with Crippen molar-refractivity contribution in [2.24, 2.45) is 0 Å². The molecule has 11 rings (SSSR count). The number of hydrogen-bond acceptors (Lipinski definition) is 4. The molecule has 0 atom stereocenters. The molecule has 3 aromatic heterocycles. The lowest BCUT2D eigenvalue weighted by atomic mass is 9.92. The first-order valence-corrected chi connectivity index (χ1v) is 18.3. The van der Waals surface area contributed by atoms with Crippen LogP contribution < -0.4 is 0 Å². The van der Waals surface area contributed by atoms with Gasteiger partial charge in [0.25, 0.3) is 0 Å². The van der Waals surface area contributed by atoms with E-state index in [0.717, 1.165) is 65.5 Å². The van der Waals surface area contributed by atoms with Crippen LogP contribution in [-0.2, 0) is 0 Å². The summed E-state index contributed by atoms with van der Waals surface area (Å²) >= 11 is 1.75. The van der Waals surface area contributed by atoms with Crippen molar-refractivity contribution in [2.45, 2.75) is 0 Å². The van der Waals surface area contributed by atoms with Gasteiger partial charge in [-0.2, -0.15) is 0 Å². The fourth-order valence-corrected chi connectivity index (χ4v) is 9.01. The molecule has 0 aliphatic carbocycles. The summed E-state index contributed by atoms with van der Waals surface area (Å²) in [5.41, 5.74) is 10.3. The maximum Gasteiger partial charge on any atom is 0.161 e. The molecule has 0 aliphatic heterocycles. The van der Waals surface area contributed by atoms with Gasteiger partial charge in [0.05, 0.1) is 15.9 Å². The standard InChI is InChI=1S/C48H28N2OS/c1-2-12-29(13-3-1)45-47-46(38-20-8-9-23-43(38)52-47)50-48(49-45)39-21-11-22-41-44(39)37-25-24-31(28-42(37)51-41)30-15-10-16-32(26-30)40-27-33-14-4-5-17-34(33)35-18-6-7-19-36(35)40/h1-28H. The second-order valence-electron chi connectivity index (χ2n) is 13.3. The van der Waals surface area contributed by atoms with Gasteiger partial charge < -0.3 is 4.42 Å². The molecule has 0 N–H and O–H groups in total. The highest BCUT2D eigenvalue weighted by atomic mass is 32.1. The van der Waals surface area contributed by atoms with Gasteiger partial charge in [-0.15, -0.1) is 11.3 Å². The Labute approximate surface area is 303 Å². The average molecular weight is 681 g/mol. The lowest BCUT2D eigenvalue weighted by Gasteiger charge is -2.12. The van der Waals surface area contributed by atoms with Gasteiger partial charge in [-0.05, 0) is 80.2 Å². The third kappa shape index (κ3) is 4.51. The first kappa shape index (κ1) is 29.1. The number of fused-ring (bicyclic) bond motifs is 9. The van der Waals surface area contributed by atoms with Crippen molar-refractivity contribution in [3.05, 3.63) is 170 Å². The van der Waals surface area contributed by atoms with Crippen LogP contribution in [0.2, 0.25) is 0 Å². The molecule has 0 radical (unpaired) electrons. The topological polar surface area (TPSA) is 38.9 Å². The quantitative estimate of drug-likeness (QED) is 0.174. The normalized spacial score (nSPS) is 11.8. The molecule has 0 unspecified atom stereocenters. The number of hydrogen-bond donors (Lipinski definition) is 0. The van der Waals surface area contributed by atoms with Crippen molar-refractivity contribution in [1.29, 1.82) is 0 Å². The highest BCUT2D eigenvalue weighted by molar-refractivity contribution is 7.26. The number of nitrogens with zero attached hydrogens (tertiary/aromatic N) is 2. The predicted octanol–water partition coefficient (Wildman–Crippen LogP) is 13.7. The highest BCUT2D eigenvalue weighted by Gasteiger charge is 2.20. The molecule has 8 aromatic carbocycles. The van der Waals surface area contributed by atoms with Crippen LogP contribution in [-0.4, -0.2) is 9.97 Å². The number of furan rings is 1. The van der Waals surface area contributed by atoms with E-state index in [1.54, 1.807) is 11.3 Å². The Balaban J connectivity index is 1.07. The van der Waals surface area contributed by atoms with Gasteiger partial charge in [0.1, 0.15) is 11.2 Å². The van der Waals surface area contributed by atoms with E-state index in [1.165, 1.54) is 37.4 Å². The molecule has 3 heterocycles.